The Kier molecular flexibility index (Phi) is 6.49. The van der Waals surface area contributed by atoms with Crippen LogP contribution in [0.4, 0.5) is 5.00 Å². The Morgan fingerprint density at radius 3 is 2.44 bits per heavy atom. The van der Waals surface area contributed by atoms with Crippen molar-refractivity contribution >= 4 is 34.1 Å². The molecule has 0 radical (unpaired) electrons. The van der Waals surface area contributed by atoms with Crippen LogP contribution in [-0.4, -0.2) is 67.4 Å². The van der Waals surface area contributed by atoms with Crippen LogP contribution < -0.4 is 5.32 Å². The maximum absolute atomic E-state index is 12.6. The highest BCUT2D eigenvalue weighted by atomic mass is 32.1. The number of fused-ring (bicyclic) bond motifs is 1. The van der Waals surface area contributed by atoms with Crippen LogP contribution >= 0.6 is 11.3 Å². The van der Waals surface area contributed by atoms with Crippen molar-refractivity contribution in [1.29, 1.82) is 0 Å². The Balaban J connectivity index is 1.67. The average molecular weight is 394 g/mol. The zero-order valence-electron chi connectivity index (χ0n) is 16.0. The molecule has 2 aliphatic rings. The number of nitrogens with one attached hydrogen (secondary N) is 1. The molecule has 8 heteroatoms. The minimum absolute atomic E-state index is 0.0712. The molecule has 1 aliphatic heterocycles. The van der Waals surface area contributed by atoms with Gasteiger partial charge in [-0.15, -0.1) is 11.3 Å². The number of nitrogens with zero attached hydrogens (tertiary/aromatic N) is 2. The van der Waals surface area contributed by atoms with Crippen LogP contribution in [0, 0.1) is 0 Å². The molecular formula is C19H27N3O4S. The first kappa shape index (κ1) is 19.8. The lowest BCUT2D eigenvalue weighted by Gasteiger charge is -2.33. The third kappa shape index (κ3) is 4.68. The van der Waals surface area contributed by atoms with Crippen molar-refractivity contribution in [3.05, 3.63) is 16.0 Å². The van der Waals surface area contributed by atoms with Crippen molar-refractivity contribution in [2.75, 3.05) is 45.2 Å². The lowest BCUT2D eigenvalue weighted by Crippen LogP contribution is -2.49. The standard InChI is InChI=1S/C19H27N3O4S/c1-13(23)22-10-8-21(9-11-22)12-16(24)20-18-17(19(25)26-2)14-6-4-3-5-7-15(14)27-18/h3-12H2,1-2H3,(H,20,24). The minimum Gasteiger partial charge on any atom is -0.465 e. The highest BCUT2D eigenvalue weighted by Crippen LogP contribution is 2.37. The molecule has 1 aromatic rings. The smallest absolute Gasteiger partial charge is 0.341 e. The largest absolute Gasteiger partial charge is 0.465 e. The highest BCUT2D eigenvalue weighted by molar-refractivity contribution is 7.17. The van der Waals surface area contributed by atoms with Gasteiger partial charge in [0.15, 0.2) is 0 Å². The molecule has 3 rings (SSSR count). The summed E-state index contributed by atoms with van der Waals surface area (Å²) in [7, 11) is 1.38. The lowest BCUT2D eigenvalue weighted by molar-refractivity contribution is -0.130. The van der Waals surface area contributed by atoms with Crippen molar-refractivity contribution in [2.45, 2.75) is 39.0 Å². The van der Waals surface area contributed by atoms with E-state index in [1.54, 1.807) is 11.8 Å². The number of carbonyl (C=O) groups is 3. The van der Waals surface area contributed by atoms with Gasteiger partial charge in [-0.3, -0.25) is 14.5 Å². The zero-order chi connectivity index (χ0) is 19.4. The first-order valence-corrected chi connectivity index (χ1v) is 10.3. The van der Waals surface area contributed by atoms with E-state index in [4.69, 9.17) is 4.74 Å². The number of piperazine rings is 1. The molecule has 2 heterocycles. The second-order valence-corrected chi connectivity index (χ2v) is 8.20. The molecule has 0 bridgehead atoms. The highest BCUT2D eigenvalue weighted by Gasteiger charge is 2.27. The molecule has 27 heavy (non-hydrogen) atoms. The van der Waals surface area contributed by atoms with Crippen molar-refractivity contribution in [3.8, 4) is 0 Å². The van der Waals surface area contributed by atoms with E-state index >= 15 is 0 Å². The number of thiophene rings is 1. The maximum atomic E-state index is 12.6. The second kappa shape index (κ2) is 8.84. The Morgan fingerprint density at radius 2 is 1.78 bits per heavy atom. The molecular weight excluding hydrogens is 366 g/mol. The average Bonchev–Trinajstić information content (AvgIpc) is 2.82. The first-order chi connectivity index (χ1) is 13.0. The van der Waals surface area contributed by atoms with Crippen LogP contribution in [0.3, 0.4) is 0 Å². The van der Waals surface area contributed by atoms with Gasteiger partial charge in [0.25, 0.3) is 0 Å². The van der Waals surface area contributed by atoms with Gasteiger partial charge < -0.3 is 15.0 Å². The fourth-order valence-electron chi connectivity index (χ4n) is 3.74. The Labute approximate surface area is 163 Å². The summed E-state index contributed by atoms with van der Waals surface area (Å²) < 4.78 is 4.98. The first-order valence-electron chi connectivity index (χ1n) is 9.50. The van der Waals surface area contributed by atoms with Gasteiger partial charge in [0, 0.05) is 38.0 Å². The van der Waals surface area contributed by atoms with Gasteiger partial charge >= 0.3 is 5.97 Å². The third-order valence-corrected chi connectivity index (χ3v) is 6.46. The number of anilines is 1. The number of hydrogen-bond acceptors (Lipinski definition) is 6. The molecule has 0 aromatic carbocycles. The Hall–Kier alpha value is -1.93. The second-order valence-electron chi connectivity index (χ2n) is 7.09. The van der Waals surface area contributed by atoms with E-state index in [0.717, 1.165) is 37.7 Å². The SMILES string of the molecule is COC(=O)c1c(NC(=O)CN2CCN(C(C)=O)CC2)sc2c1CCCCC2. The van der Waals surface area contributed by atoms with Crippen LogP contribution in [0.15, 0.2) is 0 Å². The lowest BCUT2D eigenvalue weighted by atomic mass is 10.1. The number of aryl methyl sites for hydroxylation is 1. The molecule has 1 fully saturated rings. The summed E-state index contributed by atoms with van der Waals surface area (Å²) in [5, 5.41) is 3.55. The van der Waals surface area contributed by atoms with E-state index in [1.807, 2.05) is 4.90 Å². The fraction of sp³-hybridized carbons (Fsp3) is 0.632. The number of hydrogen-bond donors (Lipinski definition) is 1. The molecule has 148 valence electrons. The molecule has 0 spiro atoms. The third-order valence-electron chi connectivity index (χ3n) is 5.25. The Bertz CT molecular complexity index is 723. The topological polar surface area (TPSA) is 79.0 Å². The van der Waals surface area contributed by atoms with Gasteiger partial charge in [-0.25, -0.2) is 4.79 Å². The van der Waals surface area contributed by atoms with E-state index in [-0.39, 0.29) is 24.3 Å². The quantitative estimate of drug-likeness (QED) is 0.624. The van der Waals surface area contributed by atoms with Crippen molar-refractivity contribution in [2.24, 2.45) is 0 Å². The van der Waals surface area contributed by atoms with Crippen LogP contribution in [0.25, 0.3) is 0 Å². The molecule has 1 saturated heterocycles. The van der Waals surface area contributed by atoms with E-state index in [1.165, 1.54) is 23.3 Å². The molecule has 0 unspecified atom stereocenters. The van der Waals surface area contributed by atoms with Gasteiger partial charge in [0.05, 0.1) is 19.2 Å². The number of esters is 1. The maximum Gasteiger partial charge on any atom is 0.341 e. The van der Waals surface area contributed by atoms with Gasteiger partial charge in [0.1, 0.15) is 5.00 Å². The number of carbonyl (C=O) groups excluding carboxylic acids is 3. The molecule has 7 nitrogen and oxygen atoms in total. The predicted octanol–water partition coefficient (Wildman–Crippen LogP) is 1.91. The van der Waals surface area contributed by atoms with Gasteiger partial charge in [-0.1, -0.05) is 6.42 Å². The van der Waals surface area contributed by atoms with Gasteiger partial charge in [0.2, 0.25) is 11.8 Å². The summed E-state index contributed by atoms with van der Waals surface area (Å²) in [5.41, 5.74) is 1.59. The summed E-state index contributed by atoms with van der Waals surface area (Å²) in [4.78, 5) is 41.3. The van der Waals surface area contributed by atoms with Crippen molar-refractivity contribution in [1.82, 2.24) is 9.80 Å². The van der Waals surface area contributed by atoms with Crippen LogP contribution in [0.5, 0.6) is 0 Å². The summed E-state index contributed by atoms with van der Waals surface area (Å²) >= 11 is 1.51. The number of methoxy groups -OCH3 is 1. The van der Waals surface area contributed by atoms with Gasteiger partial charge in [-0.05, 0) is 31.2 Å². The van der Waals surface area contributed by atoms with Crippen LogP contribution in [-0.2, 0) is 27.2 Å². The molecule has 1 aromatic heterocycles. The van der Waals surface area contributed by atoms with Gasteiger partial charge in [-0.2, -0.15) is 0 Å². The van der Waals surface area contributed by atoms with Crippen LogP contribution in [0.1, 0.15) is 47.0 Å². The van der Waals surface area contributed by atoms with Crippen molar-refractivity contribution < 1.29 is 19.1 Å². The van der Waals surface area contributed by atoms with E-state index in [2.05, 4.69) is 5.32 Å². The number of amides is 2. The van der Waals surface area contributed by atoms with E-state index in [9.17, 15) is 14.4 Å². The molecule has 0 atom stereocenters. The normalized spacial score (nSPS) is 17.8. The summed E-state index contributed by atoms with van der Waals surface area (Å²) in [6, 6.07) is 0. The molecule has 2 amide bonds. The molecule has 1 N–H and O–H groups in total. The minimum atomic E-state index is -0.375. The van der Waals surface area contributed by atoms with E-state index < -0.39 is 0 Å². The summed E-state index contributed by atoms with van der Waals surface area (Å²) in [6.45, 7) is 4.47. The summed E-state index contributed by atoms with van der Waals surface area (Å²) in [5.74, 6) is -0.436. The molecule has 0 saturated carbocycles. The number of ether oxygens (including phenoxy) is 1. The summed E-state index contributed by atoms with van der Waals surface area (Å²) in [6.07, 6.45) is 5.14. The monoisotopic (exact) mass is 393 g/mol. The van der Waals surface area contributed by atoms with E-state index in [0.29, 0.717) is 36.7 Å². The fourth-order valence-corrected chi connectivity index (χ4v) is 5.03. The van der Waals surface area contributed by atoms with Crippen molar-refractivity contribution in [3.63, 3.8) is 0 Å². The predicted molar refractivity (Wildman–Crippen MR) is 104 cm³/mol. The molecule has 1 aliphatic carbocycles. The Morgan fingerprint density at radius 1 is 1.07 bits per heavy atom. The van der Waals surface area contributed by atoms with Crippen LogP contribution in [0.2, 0.25) is 0 Å². The number of rotatable bonds is 4. The zero-order valence-corrected chi connectivity index (χ0v) is 16.8.